The second kappa shape index (κ2) is 8.98. The average molecular weight is 374 g/mol. The Kier molecular flexibility index (Phi) is 5.77. The molecular weight excluding hydrogens is 352 g/mol. The zero-order valence-electron chi connectivity index (χ0n) is 15.6. The summed E-state index contributed by atoms with van der Waals surface area (Å²) in [5.41, 5.74) is 1.98. The summed E-state index contributed by atoms with van der Waals surface area (Å²) in [6.07, 6.45) is 4.24. The summed E-state index contributed by atoms with van der Waals surface area (Å²) >= 11 is 0. The molecule has 0 amide bonds. The maximum Gasteiger partial charge on any atom is 0.204 e. The predicted octanol–water partition coefficient (Wildman–Crippen LogP) is 3.25. The molecule has 28 heavy (non-hydrogen) atoms. The first kappa shape index (κ1) is 18.0. The van der Waals surface area contributed by atoms with E-state index in [9.17, 15) is 0 Å². The number of nitrogens with zero attached hydrogens (tertiary/aromatic N) is 8. The molecule has 8 heteroatoms. The summed E-state index contributed by atoms with van der Waals surface area (Å²) in [5.74, 6) is 1.35. The van der Waals surface area contributed by atoms with Crippen molar-refractivity contribution < 1.29 is 0 Å². The van der Waals surface area contributed by atoms with Crippen molar-refractivity contribution in [1.82, 2.24) is 40.4 Å². The maximum atomic E-state index is 4.44. The van der Waals surface area contributed by atoms with Gasteiger partial charge in [0.25, 0.3) is 0 Å². The van der Waals surface area contributed by atoms with Crippen LogP contribution in [0.3, 0.4) is 0 Å². The number of hydrogen-bond donors (Lipinski definition) is 0. The lowest BCUT2D eigenvalue weighted by atomic mass is 10.2. The van der Waals surface area contributed by atoms with Gasteiger partial charge in [0.2, 0.25) is 11.6 Å². The van der Waals surface area contributed by atoms with Gasteiger partial charge in [0.15, 0.2) is 0 Å². The van der Waals surface area contributed by atoms with E-state index in [1.807, 2.05) is 60.7 Å². The molecule has 0 atom stereocenters. The Hall–Kier alpha value is -3.42. The fourth-order valence-electron chi connectivity index (χ4n) is 2.94. The van der Waals surface area contributed by atoms with Crippen molar-refractivity contribution in [3.05, 3.63) is 60.7 Å². The molecule has 4 aromatic rings. The van der Waals surface area contributed by atoms with Crippen molar-refractivity contribution in [2.24, 2.45) is 0 Å². The van der Waals surface area contributed by atoms with Crippen LogP contribution in [0.15, 0.2) is 60.7 Å². The van der Waals surface area contributed by atoms with Gasteiger partial charge in [-0.3, -0.25) is 0 Å². The Bertz CT molecular complexity index is 896. The first-order valence-electron chi connectivity index (χ1n) is 9.55. The Morgan fingerprint density at radius 3 is 1.39 bits per heavy atom. The fourth-order valence-corrected chi connectivity index (χ4v) is 2.94. The number of hydrogen-bond acceptors (Lipinski definition) is 6. The Morgan fingerprint density at radius 1 is 0.536 bits per heavy atom. The molecular formula is C20H22N8. The molecule has 8 nitrogen and oxygen atoms in total. The second-order valence-electron chi connectivity index (χ2n) is 6.56. The Morgan fingerprint density at radius 2 is 0.964 bits per heavy atom. The number of aromatic nitrogens is 8. The van der Waals surface area contributed by atoms with Gasteiger partial charge in [-0.1, -0.05) is 73.5 Å². The minimum absolute atomic E-state index is 0.673. The second-order valence-corrected chi connectivity index (χ2v) is 6.56. The standard InChI is InChI=1S/C20H22N8/c1(9-15-27-23-19(21-25-27)17-11-5-3-6-12-17)2-10-16-28-24-20(22-26-28)18-13-7-4-8-14-18/h3-8,11-14H,1-2,9-10,15-16H2. The molecule has 0 bridgehead atoms. The third-order valence-electron chi connectivity index (χ3n) is 4.44. The first-order chi connectivity index (χ1) is 13.9. The van der Waals surface area contributed by atoms with Gasteiger partial charge in [0, 0.05) is 11.1 Å². The number of rotatable bonds is 9. The van der Waals surface area contributed by atoms with E-state index in [2.05, 4.69) is 30.8 Å². The minimum Gasteiger partial charge on any atom is -0.164 e. The molecule has 0 aliphatic carbocycles. The summed E-state index contributed by atoms with van der Waals surface area (Å²) in [6, 6.07) is 19.8. The zero-order valence-corrected chi connectivity index (χ0v) is 15.6. The lowest BCUT2D eigenvalue weighted by molar-refractivity contribution is 0.449. The normalized spacial score (nSPS) is 11.0. The summed E-state index contributed by atoms with van der Waals surface area (Å²) in [4.78, 5) is 3.35. The maximum absolute atomic E-state index is 4.44. The Balaban J connectivity index is 1.16. The van der Waals surface area contributed by atoms with Crippen molar-refractivity contribution in [1.29, 1.82) is 0 Å². The van der Waals surface area contributed by atoms with Gasteiger partial charge in [-0.15, -0.1) is 20.4 Å². The molecule has 0 N–H and O–H groups in total. The van der Waals surface area contributed by atoms with E-state index < -0.39 is 0 Å². The number of tetrazole rings is 2. The van der Waals surface area contributed by atoms with Crippen LogP contribution in [0, 0.1) is 0 Å². The SMILES string of the molecule is c1ccc(-c2nnn(CCCCCCn3nnc(-c4ccccc4)n3)n2)cc1. The highest BCUT2D eigenvalue weighted by Crippen LogP contribution is 2.13. The summed E-state index contributed by atoms with van der Waals surface area (Å²) < 4.78 is 0. The number of benzene rings is 2. The topological polar surface area (TPSA) is 87.2 Å². The Labute approximate surface area is 163 Å². The highest BCUT2D eigenvalue weighted by molar-refractivity contribution is 5.53. The molecule has 0 saturated heterocycles. The molecule has 0 fully saturated rings. The average Bonchev–Trinajstić information content (AvgIpc) is 3.42. The van der Waals surface area contributed by atoms with E-state index in [-0.39, 0.29) is 0 Å². The molecule has 0 radical (unpaired) electrons. The minimum atomic E-state index is 0.673. The van der Waals surface area contributed by atoms with Crippen LogP contribution in [0.1, 0.15) is 25.7 Å². The fraction of sp³-hybridized carbons (Fsp3) is 0.300. The zero-order chi connectivity index (χ0) is 19.0. The highest BCUT2D eigenvalue weighted by atomic mass is 15.6. The van der Waals surface area contributed by atoms with Crippen LogP contribution in [-0.4, -0.2) is 40.4 Å². The molecule has 0 aliphatic heterocycles. The molecule has 0 spiro atoms. The summed E-state index contributed by atoms with van der Waals surface area (Å²) in [7, 11) is 0. The van der Waals surface area contributed by atoms with Crippen LogP contribution < -0.4 is 0 Å². The quantitative estimate of drug-likeness (QED) is 0.418. The molecule has 0 aliphatic rings. The van der Waals surface area contributed by atoms with Gasteiger partial charge in [-0.25, -0.2) is 0 Å². The van der Waals surface area contributed by atoms with Gasteiger partial charge in [-0.2, -0.15) is 9.59 Å². The van der Waals surface area contributed by atoms with Crippen LogP contribution in [0.4, 0.5) is 0 Å². The van der Waals surface area contributed by atoms with E-state index in [1.54, 1.807) is 9.59 Å². The van der Waals surface area contributed by atoms with Crippen molar-refractivity contribution in [2.45, 2.75) is 38.8 Å². The molecule has 2 aromatic carbocycles. The number of unbranched alkanes of at least 4 members (excludes halogenated alkanes) is 3. The van der Waals surface area contributed by atoms with Crippen molar-refractivity contribution >= 4 is 0 Å². The molecule has 142 valence electrons. The van der Waals surface area contributed by atoms with Gasteiger partial charge in [0.1, 0.15) is 0 Å². The van der Waals surface area contributed by atoms with Gasteiger partial charge < -0.3 is 0 Å². The van der Waals surface area contributed by atoms with Crippen LogP contribution in [0.5, 0.6) is 0 Å². The smallest absolute Gasteiger partial charge is 0.164 e. The van der Waals surface area contributed by atoms with E-state index >= 15 is 0 Å². The molecule has 2 heterocycles. The van der Waals surface area contributed by atoms with Crippen molar-refractivity contribution in [3.63, 3.8) is 0 Å². The van der Waals surface area contributed by atoms with Gasteiger partial charge >= 0.3 is 0 Å². The largest absolute Gasteiger partial charge is 0.204 e. The van der Waals surface area contributed by atoms with Crippen LogP contribution in [0.2, 0.25) is 0 Å². The third kappa shape index (κ3) is 4.64. The summed E-state index contributed by atoms with van der Waals surface area (Å²) in [5, 5.41) is 25.4. The van der Waals surface area contributed by atoms with Crippen LogP contribution in [-0.2, 0) is 13.1 Å². The first-order valence-corrected chi connectivity index (χ1v) is 9.55. The highest BCUT2D eigenvalue weighted by Gasteiger charge is 2.06. The van der Waals surface area contributed by atoms with Crippen LogP contribution in [0.25, 0.3) is 22.8 Å². The molecule has 0 unspecified atom stereocenters. The molecule has 2 aromatic heterocycles. The third-order valence-corrected chi connectivity index (χ3v) is 4.44. The number of aryl methyl sites for hydroxylation is 2. The van der Waals surface area contributed by atoms with Crippen molar-refractivity contribution in [3.8, 4) is 22.8 Å². The van der Waals surface area contributed by atoms with Crippen LogP contribution >= 0.6 is 0 Å². The molecule has 0 saturated carbocycles. The van der Waals surface area contributed by atoms with E-state index in [0.717, 1.165) is 49.9 Å². The monoisotopic (exact) mass is 374 g/mol. The molecule has 4 rings (SSSR count). The summed E-state index contributed by atoms with van der Waals surface area (Å²) in [6.45, 7) is 1.55. The van der Waals surface area contributed by atoms with Crippen molar-refractivity contribution in [2.75, 3.05) is 0 Å². The predicted molar refractivity (Wildman–Crippen MR) is 105 cm³/mol. The lowest BCUT2D eigenvalue weighted by Gasteiger charge is -2.00. The van der Waals surface area contributed by atoms with Gasteiger partial charge in [0.05, 0.1) is 13.1 Å². The lowest BCUT2D eigenvalue weighted by Crippen LogP contribution is -2.04. The van der Waals surface area contributed by atoms with E-state index in [4.69, 9.17) is 0 Å². The van der Waals surface area contributed by atoms with E-state index in [0.29, 0.717) is 11.6 Å². The van der Waals surface area contributed by atoms with Gasteiger partial charge in [-0.05, 0) is 23.3 Å². The van der Waals surface area contributed by atoms with E-state index in [1.165, 1.54) is 0 Å².